The van der Waals surface area contributed by atoms with Gasteiger partial charge in [-0.15, -0.1) is 0 Å². The summed E-state index contributed by atoms with van der Waals surface area (Å²) >= 11 is 0. The lowest BCUT2D eigenvalue weighted by atomic mass is 10.1. The average molecular weight is 334 g/mol. The Balaban J connectivity index is 1.78. The minimum absolute atomic E-state index is 0.633. The molecule has 0 fully saturated rings. The lowest BCUT2D eigenvalue weighted by Gasteiger charge is -1.94. The highest BCUT2D eigenvalue weighted by Gasteiger charge is 1.93. The van der Waals surface area contributed by atoms with Gasteiger partial charge in [-0.3, -0.25) is 9.59 Å². The van der Waals surface area contributed by atoms with Crippen molar-refractivity contribution in [1.82, 2.24) is 0 Å². The summed E-state index contributed by atoms with van der Waals surface area (Å²) in [6.45, 7) is 0. The van der Waals surface area contributed by atoms with Gasteiger partial charge < -0.3 is 0 Å². The number of hydrogen-bond donors (Lipinski definition) is 0. The van der Waals surface area contributed by atoms with Crippen LogP contribution in [-0.2, 0) is 0 Å². The maximum atomic E-state index is 10.7. The smallest absolute Gasteiger partial charge is 0.150 e. The van der Waals surface area contributed by atoms with Crippen molar-refractivity contribution in [2.75, 3.05) is 0 Å². The number of benzene rings is 3. The molecule has 26 heavy (non-hydrogen) atoms. The first-order chi connectivity index (χ1) is 12.8. The Morgan fingerprint density at radius 3 is 1.27 bits per heavy atom. The summed E-state index contributed by atoms with van der Waals surface area (Å²) in [5, 5.41) is 0. The predicted octanol–water partition coefficient (Wildman–Crippen LogP) is 4.11. The molecule has 0 aliphatic heterocycles. The molecule has 122 valence electrons. The second-order valence-electron chi connectivity index (χ2n) is 5.56. The molecular weight excluding hydrogens is 320 g/mol. The van der Waals surface area contributed by atoms with E-state index in [1.807, 2.05) is 48.5 Å². The van der Waals surface area contributed by atoms with Crippen LogP contribution in [0.3, 0.4) is 0 Å². The summed E-state index contributed by atoms with van der Waals surface area (Å²) in [7, 11) is 0. The first-order valence-electron chi connectivity index (χ1n) is 8.01. The van der Waals surface area contributed by atoms with Crippen LogP contribution >= 0.6 is 0 Å². The molecule has 2 nitrogen and oxygen atoms in total. The van der Waals surface area contributed by atoms with Gasteiger partial charge in [-0.25, -0.2) is 0 Å². The largest absolute Gasteiger partial charge is 0.298 e. The molecule has 0 aliphatic carbocycles. The molecule has 0 saturated carbocycles. The molecule has 0 atom stereocenters. The molecule has 2 heteroatoms. The van der Waals surface area contributed by atoms with Gasteiger partial charge in [0.15, 0.2) is 0 Å². The van der Waals surface area contributed by atoms with Crippen LogP contribution in [-0.4, -0.2) is 12.6 Å². The predicted molar refractivity (Wildman–Crippen MR) is 102 cm³/mol. The number of carbonyl (C=O) groups excluding carboxylic acids is 2. The Morgan fingerprint density at radius 2 is 0.885 bits per heavy atom. The second-order valence-corrected chi connectivity index (χ2v) is 5.56. The third-order valence-corrected chi connectivity index (χ3v) is 3.66. The van der Waals surface area contributed by atoms with Crippen LogP contribution in [0.15, 0.2) is 72.8 Å². The van der Waals surface area contributed by atoms with Crippen molar-refractivity contribution < 1.29 is 9.59 Å². The van der Waals surface area contributed by atoms with Crippen LogP contribution in [0.25, 0.3) is 0 Å². The van der Waals surface area contributed by atoms with Crippen LogP contribution in [0.4, 0.5) is 0 Å². The van der Waals surface area contributed by atoms with Gasteiger partial charge in [-0.1, -0.05) is 54.0 Å². The van der Waals surface area contributed by atoms with Gasteiger partial charge >= 0.3 is 0 Å². The van der Waals surface area contributed by atoms with E-state index in [1.165, 1.54) is 0 Å². The fourth-order valence-electron chi connectivity index (χ4n) is 2.25. The molecule has 0 aliphatic rings. The number of aldehydes is 2. The Bertz CT molecular complexity index is 967. The molecule has 0 heterocycles. The van der Waals surface area contributed by atoms with Crippen LogP contribution in [0.1, 0.15) is 43.0 Å². The Hall–Kier alpha value is -3.88. The van der Waals surface area contributed by atoms with E-state index in [2.05, 4.69) is 23.7 Å². The molecule has 0 radical (unpaired) electrons. The summed E-state index contributed by atoms with van der Waals surface area (Å²) in [5.74, 6) is 12.4. The highest BCUT2D eigenvalue weighted by molar-refractivity contribution is 5.75. The topological polar surface area (TPSA) is 34.1 Å². The van der Waals surface area contributed by atoms with Crippen LogP contribution in [0.2, 0.25) is 0 Å². The van der Waals surface area contributed by atoms with E-state index in [1.54, 1.807) is 24.3 Å². The third kappa shape index (κ3) is 4.57. The van der Waals surface area contributed by atoms with Crippen molar-refractivity contribution in [3.8, 4) is 23.7 Å². The standard InChI is InChI=1S/C24H14O2/c25-17-23-12-6-19(7-13-23)4-10-21-2-1-3-22(16-21)11-5-20-8-14-24(18-26)15-9-20/h1-3,6-9,12-18H. The molecule has 0 aromatic heterocycles. The molecule has 0 amide bonds. The van der Waals surface area contributed by atoms with Gasteiger partial charge in [0.25, 0.3) is 0 Å². The second kappa shape index (κ2) is 8.29. The normalized spacial score (nSPS) is 9.23. The molecule has 0 unspecified atom stereocenters. The van der Waals surface area contributed by atoms with Gasteiger partial charge in [-0.2, -0.15) is 0 Å². The van der Waals surface area contributed by atoms with Crippen molar-refractivity contribution in [2.45, 2.75) is 0 Å². The Kier molecular flexibility index (Phi) is 5.41. The highest BCUT2D eigenvalue weighted by Crippen LogP contribution is 2.06. The van der Waals surface area contributed by atoms with E-state index >= 15 is 0 Å². The maximum Gasteiger partial charge on any atom is 0.150 e. The molecule has 0 spiro atoms. The van der Waals surface area contributed by atoms with E-state index < -0.39 is 0 Å². The first-order valence-corrected chi connectivity index (χ1v) is 8.01. The van der Waals surface area contributed by atoms with Crippen molar-refractivity contribution >= 4 is 12.6 Å². The SMILES string of the molecule is O=Cc1ccc(C#Cc2cccc(C#Cc3ccc(C=O)cc3)c2)cc1. The van der Waals surface area contributed by atoms with E-state index in [0.29, 0.717) is 11.1 Å². The number of rotatable bonds is 2. The Morgan fingerprint density at radius 1 is 0.500 bits per heavy atom. The maximum absolute atomic E-state index is 10.7. The van der Waals surface area contributed by atoms with E-state index in [4.69, 9.17) is 0 Å². The minimum Gasteiger partial charge on any atom is -0.298 e. The van der Waals surface area contributed by atoms with Gasteiger partial charge in [-0.05, 0) is 42.5 Å². The van der Waals surface area contributed by atoms with Crippen molar-refractivity contribution in [3.05, 3.63) is 106 Å². The van der Waals surface area contributed by atoms with Gasteiger partial charge in [0, 0.05) is 33.4 Å². The van der Waals surface area contributed by atoms with E-state index in [-0.39, 0.29) is 0 Å². The highest BCUT2D eigenvalue weighted by atomic mass is 16.1. The van der Waals surface area contributed by atoms with Crippen molar-refractivity contribution in [1.29, 1.82) is 0 Å². The summed E-state index contributed by atoms with van der Waals surface area (Å²) < 4.78 is 0. The summed E-state index contributed by atoms with van der Waals surface area (Å²) in [6.07, 6.45) is 1.62. The fraction of sp³-hybridized carbons (Fsp3) is 0. The average Bonchev–Trinajstić information content (AvgIpc) is 2.72. The Labute approximate surface area is 152 Å². The molecule has 0 N–H and O–H groups in total. The minimum atomic E-state index is 0.633. The number of hydrogen-bond acceptors (Lipinski definition) is 2. The molecule has 3 aromatic carbocycles. The lowest BCUT2D eigenvalue weighted by Crippen LogP contribution is -1.82. The van der Waals surface area contributed by atoms with Crippen LogP contribution < -0.4 is 0 Å². The van der Waals surface area contributed by atoms with Gasteiger partial charge in [0.05, 0.1) is 0 Å². The zero-order valence-corrected chi connectivity index (χ0v) is 13.9. The first kappa shape index (κ1) is 17.0. The van der Waals surface area contributed by atoms with Gasteiger partial charge in [0.2, 0.25) is 0 Å². The monoisotopic (exact) mass is 334 g/mol. The van der Waals surface area contributed by atoms with Crippen molar-refractivity contribution in [2.24, 2.45) is 0 Å². The number of carbonyl (C=O) groups is 2. The summed E-state index contributed by atoms with van der Waals surface area (Å²) in [6, 6.07) is 22.0. The molecule has 0 bridgehead atoms. The van der Waals surface area contributed by atoms with Gasteiger partial charge in [0.1, 0.15) is 12.6 Å². The van der Waals surface area contributed by atoms with Crippen molar-refractivity contribution in [3.63, 3.8) is 0 Å². The zero-order valence-electron chi connectivity index (χ0n) is 13.9. The zero-order chi connectivity index (χ0) is 18.2. The fourth-order valence-corrected chi connectivity index (χ4v) is 2.25. The third-order valence-electron chi connectivity index (χ3n) is 3.66. The molecule has 0 saturated heterocycles. The van der Waals surface area contributed by atoms with E-state index in [9.17, 15) is 9.59 Å². The molecule has 3 aromatic rings. The molecular formula is C24H14O2. The lowest BCUT2D eigenvalue weighted by molar-refractivity contribution is 0.111. The summed E-state index contributed by atoms with van der Waals surface area (Å²) in [4.78, 5) is 21.3. The van der Waals surface area contributed by atoms with E-state index in [0.717, 1.165) is 34.8 Å². The quantitative estimate of drug-likeness (QED) is 0.522. The summed E-state index contributed by atoms with van der Waals surface area (Å²) in [5.41, 5.74) is 4.70. The van der Waals surface area contributed by atoms with Crippen LogP contribution in [0, 0.1) is 23.7 Å². The molecule has 3 rings (SSSR count). The van der Waals surface area contributed by atoms with Crippen LogP contribution in [0.5, 0.6) is 0 Å².